The fourth-order valence-corrected chi connectivity index (χ4v) is 4.10. The van der Waals surface area contributed by atoms with Crippen LogP contribution in [0.4, 0.5) is 0 Å². The summed E-state index contributed by atoms with van der Waals surface area (Å²) in [4.78, 5) is 11.9. The Balaban J connectivity index is 1.62. The Hall–Kier alpha value is -2.38. The van der Waals surface area contributed by atoms with Gasteiger partial charge in [-0.2, -0.15) is 0 Å². The molecule has 0 amide bonds. The first-order chi connectivity index (χ1) is 13.0. The van der Waals surface area contributed by atoms with Gasteiger partial charge in [0.25, 0.3) is 0 Å². The first kappa shape index (κ1) is 18.0. The Morgan fingerprint density at radius 1 is 1.11 bits per heavy atom. The normalized spacial score (nSPS) is 11.2. The van der Waals surface area contributed by atoms with Crippen LogP contribution in [0.2, 0.25) is 0 Å². The van der Waals surface area contributed by atoms with Crippen molar-refractivity contribution in [1.29, 1.82) is 0 Å². The fourth-order valence-electron chi connectivity index (χ4n) is 2.86. The van der Waals surface area contributed by atoms with E-state index >= 15 is 0 Å². The highest BCUT2D eigenvalue weighted by Gasteiger charge is 2.13. The molecule has 0 aliphatic rings. The van der Waals surface area contributed by atoms with Crippen molar-refractivity contribution in [1.82, 2.24) is 14.8 Å². The molecule has 7 heteroatoms. The molecule has 0 saturated heterocycles. The molecule has 4 aromatic rings. The predicted octanol–water partition coefficient (Wildman–Crippen LogP) is 4.95. The van der Waals surface area contributed by atoms with Crippen LogP contribution in [0.15, 0.2) is 67.4 Å². The second kappa shape index (κ2) is 7.32. The molecule has 0 aliphatic carbocycles. The van der Waals surface area contributed by atoms with E-state index in [1.165, 1.54) is 5.56 Å². The van der Waals surface area contributed by atoms with Crippen LogP contribution in [-0.2, 0) is 12.8 Å². The summed E-state index contributed by atoms with van der Waals surface area (Å²) in [5.74, 6) is 1.42. The Labute approximate surface area is 168 Å². The maximum atomic E-state index is 11.9. The fraction of sp³-hybridized carbons (Fsp3) is 0.150. The van der Waals surface area contributed by atoms with Gasteiger partial charge < -0.3 is 8.98 Å². The van der Waals surface area contributed by atoms with Crippen LogP contribution >= 0.6 is 27.7 Å². The molecule has 0 saturated carbocycles. The number of aryl methyl sites for hydroxylation is 1. The van der Waals surface area contributed by atoms with Crippen molar-refractivity contribution >= 4 is 38.7 Å². The Bertz CT molecular complexity index is 1180. The van der Waals surface area contributed by atoms with E-state index in [1.807, 2.05) is 41.9 Å². The summed E-state index contributed by atoms with van der Waals surface area (Å²) in [6, 6.07) is 15.4. The van der Waals surface area contributed by atoms with Gasteiger partial charge in [-0.3, -0.25) is 0 Å². The monoisotopic (exact) mass is 441 g/mol. The van der Waals surface area contributed by atoms with Crippen LogP contribution in [0.5, 0.6) is 0 Å². The number of nitrogens with zero attached hydrogens (tertiary/aromatic N) is 3. The first-order valence-corrected chi connectivity index (χ1v) is 10.1. The Morgan fingerprint density at radius 3 is 2.67 bits per heavy atom. The van der Waals surface area contributed by atoms with Crippen LogP contribution in [0, 0.1) is 6.92 Å². The molecule has 0 fully saturated rings. The predicted molar refractivity (Wildman–Crippen MR) is 111 cm³/mol. The van der Waals surface area contributed by atoms with E-state index in [4.69, 9.17) is 4.42 Å². The van der Waals surface area contributed by atoms with Crippen molar-refractivity contribution < 1.29 is 4.42 Å². The van der Waals surface area contributed by atoms with E-state index in [0.29, 0.717) is 11.3 Å². The zero-order chi connectivity index (χ0) is 19.0. The third kappa shape index (κ3) is 3.70. The molecular formula is C20H16BrN3O2S. The summed E-state index contributed by atoms with van der Waals surface area (Å²) >= 11 is 4.95. The van der Waals surface area contributed by atoms with Crippen molar-refractivity contribution in [2.75, 3.05) is 0 Å². The maximum absolute atomic E-state index is 11.9. The van der Waals surface area contributed by atoms with Crippen LogP contribution < -0.4 is 5.63 Å². The zero-order valence-electron chi connectivity index (χ0n) is 14.8. The minimum Gasteiger partial charge on any atom is -0.423 e. The van der Waals surface area contributed by atoms with Gasteiger partial charge in [-0.1, -0.05) is 57.5 Å². The molecule has 4 rings (SSSR count). The number of rotatable bonds is 4. The lowest BCUT2D eigenvalue weighted by Crippen LogP contribution is -2.00. The largest absolute Gasteiger partial charge is 0.423 e. The molecule has 2 aromatic heterocycles. The second-order valence-corrected chi connectivity index (χ2v) is 8.11. The molecular weight excluding hydrogens is 426 g/mol. The first-order valence-electron chi connectivity index (χ1n) is 8.33. The topological polar surface area (TPSA) is 60.9 Å². The minimum atomic E-state index is -0.352. The third-order valence-corrected chi connectivity index (χ3v) is 5.86. The van der Waals surface area contributed by atoms with Gasteiger partial charge in [-0.15, -0.1) is 10.2 Å². The van der Waals surface area contributed by atoms with Gasteiger partial charge in [0, 0.05) is 34.3 Å². The molecule has 0 unspecified atom stereocenters. The summed E-state index contributed by atoms with van der Waals surface area (Å²) in [5.41, 5.74) is 3.37. The van der Waals surface area contributed by atoms with Crippen LogP contribution in [0.1, 0.15) is 11.1 Å². The van der Waals surface area contributed by atoms with E-state index in [-0.39, 0.29) is 5.63 Å². The molecule has 136 valence electrons. The molecule has 0 atom stereocenters. The molecule has 2 heterocycles. The number of benzene rings is 2. The molecule has 0 radical (unpaired) electrons. The minimum absolute atomic E-state index is 0.352. The summed E-state index contributed by atoms with van der Waals surface area (Å²) in [7, 11) is 1.95. The van der Waals surface area contributed by atoms with Crippen LogP contribution in [-0.4, -0.2) is 14.8 Å². The third-order valence-electron chi connectivity index (χ3n) is 4.29. The highest BCUT2D eigenvalue weighted by Crippen LogP contribution is 2.28. The summed E-state index contributed by atoms with van der Waals surface area (Å²) in [6.07, 6.45) is 0. The number of hydrogen-bond acceptors (Lipinski definition) is 5. The molecule has 0 N–H and O–H groups in total. The second-order valence-electron chi connectivity index (χ2n) is 6.25. The van der Waals surface area contributed by atoms with Gasteiger partial charge in [-0.05, 0) is 30.7 Å². The van der Waals surface area contributed by atoms with Gasteiger partial charge in [0.05, 0.1) is 0 Å². The van der Waals surface area contributed by atoms with Crippen molar-refractivity contribution in [2.24, 2.45) is 7.05 Å². The van der Waals surface area contributed by atoms with E-state index in [0.717, 1.165) is 32.0 Å². The van der Waals surface area contributed by atoms with E-state index in [1.54, 1.807) is 17.8 Å². The highest BCUT2D eigenvalue weighted by atomic mass is 79.9. The van der Waals surface area contributed by atoms with Crippen LogP contribution in [0.3, 0.4) is 0 Å². The SMILES string of the molecule is Cc1ccc(-c2nnc(SCc3cc(=O)oc4cc(Br)ccc34)n2C)cc1. The highest BCUT2D eigenvalue weighted by molar-refractivity contribution is 9.10. The van der Waals surface area contributed by atoms with Crippen molar-refractivity contribution in [2.45, 2.75) is 17.8 Å². The smallest absolute Gasteiger partial charge is 0.336 e. The lowest BCUT2D eigenvalue weighted by Gasteiger charge is -2.06. The molecule has 0 spiro atoms. The quantitative estimate of drug-likeness (QED) is 0.331. The van der Waals surface area contributed by atoms with E-state index in [9.17, 15) is 4.79 Å². The van der Waals surface area contributed by atoms with Gasteiger partial charge in [-0.25, -0.2) is 4.79 Å². The number of hydrogen-bond donors (Lipinski definition) is 0. The van der Waals surface area contributed by atoms with Crippen LogP contribution in [0.25, 0.3) is 22.4 Å². The van der Waals surface area contributed by atoms with Crippen molar-refractivity contribution in [3.05, 3.63) is 74.6 Å². The molecule has 2 aromatic carbocycles. The van der Waals surface area contributed by atoms with Crippen molar-refractivity contribution in [3.8, 4) is 11.4 Å². The van der Waals surface area contributed by atoms with Gasteiger partial charge in [0.1, 0.15) is 5.58 Å². The molecule has 0 aliphatic heterocycles. The average molecular weight is 442 g/mol. The maximum Gasteiger partial charge on any atom is 0.336 e. The number of fused-ring (bicyclic) bond motifs is 1. The molecule has 0 bridgehead atoms. The molecule has 5 nitrogen and oxygen atoms in total. The Kier molecular flexibility index (Phi) is 4.88. The van der Waals surface area contributed by atoms with E-state index in [2.05, 4.69) is 45.2 Å². The summed E-state index contributed by atoms with van der Waals surface area (Å²) in [6.45, 7) is 2.06. The van der Waals surface area contributed by atoms with Gasteiger partial charge >= 0.3 is 5.63 Å². The lowest BCUT2D eigenvalue weighted by molar-refractivity contribution is 0.559. The number of thioether (sulfide) groups is 1. The number of halogens is 1. The summed E-state index contributed by atoms with van der Waals surface area (Å²) < 4.78 is 8.15. The zero-order valence-corrected chi connectivity index (χ0v) is 17.2. The standard InChI is InChI=1S/C20H16BrN3O2S/c1-12-3-5-13(6-4-12)19-22-23-20(24(19)2)27-11-14-9-18(25)26-17-10-15(21)7-8-16(14)17/h3-10H,11H2,1-2H3. The van der Waals surface area contributed by atoms with E-state index < -0.39 is 0 Å². The average Bonchev–Trinajstić information content (AvgIpc) is 3.00. The molecule has 27 heavy (non-hydrogen) atoms. The van der Waals surface area contributed by atoms with Gasteiger partial charge in [0.15, 0.2) is 11.0 Å². The van der Waals surface area contributed by atoms with Gasteiger partial charge in [0.2, 0.25) is 0 Å². The number of aromatic nitrogens is 3. The summed E-state index contributed by atoms with van der Waals surface area (Å²) in [5, 5.41) is 10.4. The lowest BCUT2D eigenvalue weighted by atomic mass is 10.1. The Morgan fingerprint density at radius 2 is 1.89 bits per heavy atom. The van der Waals surface area contributed by atoms with Crippen molar-refractivity contribution in [3.63, 3.8) is 0 Å².